The van der Waals surface area contributed by atoms with Crippen LogP contribution in [0.5, 0.6) is 0 Å². The van der Waals surface area contributed by atoms with Gasteiger partial charge in [0.05, 0.1) is 0 Å². The van der Waals surface area contributed by atoms with Gasteiger partial charge in [-0.15, -0.1) is 0 Å². The first kappa shape index (κ1) is 22.1. The molecule has 0 atom stereocenters. The van der Waals surface area contributed by atoms with Crippen LogP contribution in [-0.4, -0.2) is 0 Å². The summed E-state index contributed by atoms with van der Waals surface area (Å²) in [6, 6.07) is 9.72. The zero-order chi connectivity index (χ0) is 20.6. The first-order valence-electron chi connectivity index (χ1n) is 12.5. The first-order chi connectivity index (χ1) is 14.2. The van der Waals surface area contributed by atoms with Crippen LogP contribution in [0, 0.1) is 0 Å². The topological polar surface area (TPSA) is 0 Å². The number of unbranched alkanes of at least 4 members (excludes halogenated alkanes) is 4. The summed E-state index contributed by atoms with van der Waals surface area (Å²) >= 11 is 0. The minimum Gasteiger partial charge on any atom is -0.0654 e. The molecule has 2 aromatic carbocycles. The molecule has 29 heavy (non-hydrogen) atoms. The molecule has 3 rings (SSSR count). The fraction of sp³-hybridized carbons (Fsp3) is 0.586. The second-order valence-electron chi connectivity index (χ2n) is 9.07. The van der Waals surface area contributed by atoms with E-state index in [-0.39, 0.29) is 0 Å². The summed E-state index contributed by atoms with van der Waals surface area (Å²) in [5.41, 5.74) is 13.2. The monoisotopic (exact) mass is 390 g/mol. The molecule has 0 aliphatic heterocycles. The number of benzene rings is 2. The molecule has 0 saturated heterocycles. The highest BCUT2D eigenvalue weighted by Crippen LogP contribution is 2.45. The predicted octanol–water partition coefficient (Wildman–Crippen LogP) is 8.63. The molecule has 0 spiro atoms. The molecule has 0 heterocycles. The van der Waals surface area contributed by atoms with Crippen LogP contribution < -0.4 is 0 Å². The maximum absolute atomic E-state index is 2.62. The number of aryl methyl sites for hydroxylation is 2. The number of fused-ring (bicyclic) bond motifs is 3. The van der Waals surface area contributed by atoms with Crippen LogP contribution in [-0.2, 0) is 32.1 Å². The highest BCUT2D eigenvalue weighted by Gasteiger charge is 2.27. The van der Waals surface area contributed by atoms with Crippen molar-refractivity contribution in [3.63, 3.8) is 0 Å². The Labute approximate surface area is 180 Å². The van der Waals surface area contributed by atoms with Crippen molar-refractivity contribution in [2.45, 2.75) is 111 Å². The van der Waals surface area contributed by atoms with E-state index in [1.54, 1.807) is 44.5 Å². The largest absolute Gasteiger partial charge is 0.0654 e. The Morgan fingerprint density at radius 1 is 0.586 bits per heavy atom. The molecule has 0 N–H and O–H groups in total. The van der Waals surface area contributed by atoms with Gasteiger partial charge in [0.1, 0.15) is 0 Å². The molecule has 1 aliphatic rings. The van der Waals surface area contributed by atoms with Gasteiger partial charge in [-0.2, -0.15) is 0 Å². The molecular weight excluding hydrogens is 348 g/mol. The van der Waals surface area contributed by atoms with E-state index >= 15 is 0 Å². The molecule has 0 heteroatoms. The van der Waals surface area contributed by atoms with E-state index in [4.69, 9.17) is 0 Å². The quantitative estimate of drug-likeness (QED) is 0.290. The third-order valence-corrected chi connectivity index (χ3v) is 6.75. The van der Waals surface area contributed by atoms with Crippen LogP contribution in [0.15, 0.2) is 24.3 Å². The molecule has 0 bridgehead atoms. The zero-order valence-electron chi connectivity index (χ0n) is 19.5. The molecule has 0 fully saturated rings. The van der Waals surface area contributed by atoms with Crippen molar-refractivity contribution in [3.05, 3.63) is 57.6 Å². The molecular formula is C29H42. The molecule has 0 aromatic heterocycles. The van der Waals surface area contributed by atoms with E-state index in [9.17, 15) is 0 Å². The molecule has 2 aromatic rings. The third-order valence-electron chi connectivity index (χ3n) is 6.75. The van der Waals surface area contributed by atoms with Gasteiger partial charge in [0.25, 0.3) is 0 Å². The Hall–Kier alpha value is -1.56. The molecule has 1 aliphatic carbocycles. The lowest BCUT2D eigenvalue weighted by Gasteiger charge is -2.21. The van der Waals surface area contributed by atoms with Crippen molar-refractivity contribution in [1.82, 2.24) is 0 Å². The molecule has 0 saturated carbocycles. The van der Waals surface area contributed by atoms with Gasteiger partial charge < -0.3 is 0 Å². The van der Waals surface area contributed by atoms with Gasteiger partial charge in [-0.05, 0) is 102 Å². The van der Waals surface area contributed by atoms with Crippen molar-refractivity contribution < 1.29 is 0 Å². The lowest BCUT2D eigenvalue weighted by molar-refractivity contribution is 0.734. The number of hydrogen-bond donors (Lipinski definition) is 0. The average molecular weight is 391 g/mol. The Morgan fingerprint density at radius 3 is 1.83 bits per heavy atom. The minimum atomic E-state index is 1.15. The van der Waals surface area contributed by atoms with E-state index in [1.165, 1.54) is 77.0 Å². The molecule has 0 amide bonds. The second-order valence-corrected chi connectivity index (χ2v) is 9.07. The summed E-state index contributed by atoms with van der Waals surface area (Å²) < 4.78 is 0. The normalized spacial score (nSPS) is 12.3. The van der Waals surface area contributed by atoms with E-state index in [1.807, 2.05) is 0 Å². The average Bonchev–Trinajstić information content (AvgIpc) is 3.11. The summed E-state index contributed by atoms with van der Waals surface area (Å²) in [5.74, 6) is 0. The van der Waals surface area contributed by atoms with E-state index < -0.39 is 0 Å². The lowest BCUT2D eigenvalue weighted by Crippen LogP contribution is -2.06. The molecule has 0 nitrogen and oxygen atoms in total. The number of rotatable bonds is 12. The predicted molar refractivity (Wildman–Crippen MR) is 129 cm³/mol. The van der Waals surface area contributed by atoms with E-state index in [0.29, 0.717) is 0 Å². The summed E-state index contributed by atoms with van der Waals surface area (Å²) in [7, 11) is 0. The summed E-state index contributed by atoms with van der Waals surface area (Å²) in [6.07, 6.45) is 16.6. The SMILES string of the molecule is CCCCc1cc2c(c(CCCC)c1CCCC)-c1c(CCCC)cccc1C2. The zero-order valence-corrected chi connectivity index (χ0v) is 19.5. The standard InChI is InChI=1S/C29H42/c1-5-9-14-22-16-13-17-24-21-25-20-23(15-10-6-2)26(18-11-7-3)27(19-12-8-4)29(25)28(22)24/h13,16-17,20H,5-12,14-15,18-19,21H2,1-4H3. The fourth-order valence-corrected chi connectivity index (χ4v) is 5.15. The Bertz CT molecular complexity index is 796. The molecule has 0 radical (unpaired) electrons. The van der Waals surface area contributed by atoms with Crippen LogP contribution in [0.3, 0.4) is 0 Å². The van der Waals surface area contributed by atoms with Gasteiger partial charge in [-0.1, -0.05) is 77.6 Å². The highest BCUT2D eigenvalue weighted by atomic mass is 14.3. The second kappa shape index (κ2) is 11.0. The van der Waals surface area contributed by atoms with Gasteiger partial charge in [-0.3, -0.25) is 0 Å². The third kappa shape index (κ3) is 4.96. The van der Waals surface area contributed by atoms with Crippen molar-refractivity contribution in [1.29, 1.82) is 0 Å². The Kier molecular flexibility index (Phi) is 8.40. The van der Waals surface area contributed by atoms with Crippen LogP contribution >= 0.6 is 0 Å². The maximum Gasteiger partial charge on any atom is -0.00131 e. The van der Waals surface area contributed by atoms with Crippen LogP contribution in [0.1, 0.15) is 112 Å². The highest BCUT2D eigenvalue weighted by molar-refractivity contribution is 5.83. The van der Waals surface area contributed by atoms with Crippen LogP contribution in [0.25, 0.3) is 11.1 Å². The fourth-order valence-electron chi connectivity index (χ4n) is 5.15. The van der Waals surface area contributed by atoms with Gasteiger partial charge in [0.15, 0.2) is 0 Å². The summed E-state index contributed by atoms with van der Waals surface area (Å²) in [4.78, 5) is 0. The molecule has 158 valence electrons. The lowest BCUT2D eigenvalue weighted by atomic mass is 9.83. The summed E-state index contributed by atoms with van der Waals surface area (Å²) in [5, 5.41) is 0. The first-order valence-corrected chi connectivity index (χ1v) is 12.5. The van der Waals surface area contributed by atoms with E-state index in [2.05, 4.69) is 52.0 Å². The smallest absolute Gasteiger partial charge is 0.00131 e. The van der Waals surface area contributed by atoms with Crippen LogP contribution in [0.4, 0.5) is 0 Å². The minimum absolute atomic E-state index is 1.15. The summed E-state index contributed by atoms with van der Waals surface area (Å²) in [6.45, 7) is 9.32. The van der Waals surface area contributed by atoms with Gasteiger partial charge in [0, 0.05) is 0 Å². The Balaban J connectivity index is 2.16. The van der Waals surface area contributed by atoms with Crippen molar-refractivity contribution in [2.24, 2.45) is 0 Å². The van der Waals surface area contributed by atoms with Crippen molar-refractivity contribution in [2.75, 3.05) is 0 Å². The van der Waals surface area contributed by atoms with Gasteiger partial charge in [0.2, 0.25) is 0 Å². The van der Waals surface area contributed by atoms with Gasteiger partial charge >= 0.3 is 0 Å². The van der Waals surface area contributed by atoms with Gasteiger partial charge in [-0.25, -0.2) is 0 Å². The maximum atomic E-state index is 2.62. The van der Waals surface area contributed by atoms with Crippen molar-refractivity contribution >= 4 is 0 Å². The van der Waals surface area contributed by atoms with Crippen LogP contribution in [0.2, 0.25) is 0 Å². The Morgan fingerprint density at radius 2 is 1.17 bits per heavy atom. The number of hydrogen-bond acceptors (Lipinski definition) is 0. The molecule has 0 unspecified atom stereocenters. The van der Waals surface area contributed by atoms with E-state index in [0.717, 1.165) is 6.42 Å². The van der Waals surface area contributed by atoms with Crippen molar-refractivity contribution in [3.8, 4) is 11.1 Å².